The van der Waals surface area contributed by atoms with Gasteiger partial charge in [0.1, 0.15) is 18.0 Å². The molecule has 0 spiro atoms. The monoisotopic (exact) mass is 510 g/mol. The van der Waals surface area contributed by atoms with Crippen LogP contribution >= 0.6 is 0 Å². The van der Waals surface area contributed by atoms with Crippen molar-refractivity contribution in [1.82, 2.24) is 4.98 Å². The third-order valence-corrected chi connectivity index (χ3v) is 5.31. The zero-order valence-corrected chi connectivity index (χ0v) is 22.0. The Kier molecular flexibility index (Phi) is 10.9. The lowest BCUT2D eigenvalue weighted by molar-refractivity contribution is -0.153. The number of esters is 2. The molecule has 1 heterocycles. The molecule has 3 aromatic rings. The van der Waals surface area contributed by atoms with Gasteiger partial charge in [0, 0.05) is 31.0 Å². The quantitative estimate of drug-likeness (QED) is 0.411. The minimum atomic E-state index is -0.787. The number of nitrogens with zero attached hydrogens (tertiary/aromatic N) is 1. The second-order valence-corrected chi connectivity index (χ2v) is 8.50. The smallest absolute Gasteiger partial charge is 0.308 e. The average molecular weight is 511 g/mol. The van der Waals surface area contributed by atoms with Crippen LogP contribution in [0.1, 0.15) is 51.5 Å². The van der Waals surface area contributed by atoms with Crippen molar-refractivity contribution >= 4 is 28.6 Å². The molecule has 0 saturated heterocycles. The molecule has 0 aliphatic heterocycles. The summed E-state index contributed by atoms with van der Waals surface area (Å²) in [5, 5.41) is 2.21. The Balaban J connectivity index is 0.000000281. The molecule has 0 aliphatic rings. The van der Waals surface area contributed by atoms with Crippen molar-refractivity contribution in [2.45, 2.75) is 53.2 Å². The van der Waals surface area contributed by atoms with Crippen LogP contribution in [0.2, 0.25) is 0 Å². The van der Waals surface area contributed by atoms with Gasteiger partial charge in [-0.1, -0.05) is 57.2 Å². The molecule has 3 rings (SSSR count). The topological polar surface area (TPSA) is 127 Å². The first-order valence-corrected chi connectivity index (χ1v) is 11.9. The third-order valence-electron chi connectivity index (χ3n) is 5.31. The van der Waals surface area contributed by atoms with E-state index < -0.39 is 11.9 Å². The standard InChI is InChI=1S/C19H24O3.C9H10N2O4/c1-5-18(20)21-14(4)19(13(2)3)22-17-12-8-10-15-9-6-7-11-16(15)17;1-5(12)15-8-6(14-2)3-4-11-7(8)9(10)13/h6-14,19H,5H2,1-4H3;3-4H,1-2H3,(H2,10,13)/t14?,19-;/m1./s1. The number of ether oxygens (including phenoxy) is 4. The van der Waals surface area contributed by atoms with E-state index >= 15 is 0 Å². The first-order valence-electron chi connectivity index (χ1n) is 11.9. The van der Waals surface area contributed by atoms with Gasteiger partial charge in [-0.25, -0.2) is 4.98 Å². The van der Waals surface area contributed by atoms with Crippen LogP contribution in [-0.2, 0) is 14.3 Å². The van der Waals surface area contributed by atoms with Crippen LogP contribution in [0, 0.1) is 5.92 Å². The number of primary amides is 1. The van der Waals surface area contributed by atoms with E-state index in [1.165, 1.54) is 26.3 Å². The van der Waals surface area contributed by atoms with E-state index in [4.69, 9.17) is 24.7 Å². The van der Waals surface area contributed by atoms with E-state index in [0.29, 0.717) is 6.42 Å². The fourth-order valence-corrected chi connectivity index (χ4v) is 3.59. The summed E-state index contributed by atoms with van der Waals surface area (Å²) in [6, 6.07) is 15.6. The molecule has 0 radical (unpaired) electrons. The number of benzene rings is 2. The number of aromatic nitrogens is 1. The summed E-state index contributed by atoms with van der Waals surface area (Å²) in [6.07, 6.45) is 1.25. The highest BCUT2D eigenvalue weighted by Crippen LogP contribution is 2.30. The summed E-state index contributed by atoms with van der Waals surface area (Å²) >= 11 is 0. The molecular formula is C28H34N2O7. The Bertz CT molecular complexity index is 1220. The summed E-state index contributed by atoms with van der Waals surface area (Å²) in [4.78, 5) is 37.0. The second kappa shape index (κ2) is 13.8. The van der Waals surface area contributed by atoms with Crippen LogP contribution in [0.5, 0.6) is 17.2 Å². The number of carbonyl (C=O) groups excluding carboxylic acids is 3. The Morgan fingerprint density at radius 2 is 1.65 bits per heavy atom. The first kappa shape index (κ1) is 29.1. The molecule has 0 fully saturated rings. The lowest BCUT2D eigenvalue weighted by atomic mass is 10.0. The van der Waals surface area contributed by atoms with Crippen molar-refractivity contribution in [3.05, 3.63) is 60.4 Å². The summed E-state index contributed by atoms with van der Waals surface area (Å²) in [7, 11) is 1.38. The maximum Gasteiger partial charge on any atom is 0.308 e. The molecule has 0 aliphatic carbocycles. The number of amides is 1. The van der Waals surface area contributed by atoms with Crippen molar-refractivity contribution < 1.29 is 33.3 Å². The van der Waals surface area contributed by atoms with Gasteiger partial charge >= 0.3 is 11.9 Å². The number of pyridine rings is 1. The average Bonchev–Trinajstić information content (AvgIpc) is 2.86. The lowest BCUT2D eigenvalue weighted by Gasteiger charge is -2.28. The van der Waals surface area contributed by atoms with Gasteiger partial charge in [-0.15, -0.1) is 0 Å². The van der Waals surface area contributed by atoms with Crippen LogP contribution in [-0.4, -0.2) is 42.1 Å². The summed E-state index contributed by atoms with van der Waals surface area (Å²) in [5.74, 6) is -0.322. The maximum absolute atomic E-state index is 11.5. The Morgan fingerprint density at radius 1 is 0.973 bits per heavy atom. The number of methoxy groups -OCH3 is 1. The number of hydrogen-bond donors (Lipinski definition) is 1. The van der Waals surface area contributed by atoms with Crippen LogP contribution in [0.25, 0.3) is 10.8 Å². The van der Waals surface area contributed by atoms with Crippen LogP contribution < -0.4 is 19.9 Å². The molecule has 2 atom stereocenters. The summed E-state index contributed by atoms with van der Waals surface area (Å²) in [6.45, 7) is 9.05. The van der Waals surface area contributed by atoms with Crippen molar-refractivity contribution in [1.29, 1.82) is 0 Å². The summed E-state index contributed by atoms with van der Waals surface area (Å²) in [5.41, 5.74) is 4.93. The molecule has 0 saturated carbocycles. The highest BCUT2D eigenvalue weighted by Gasteiger charge is 2.26. The van der Waals surface area contributed by atoms with Gasteiger partial charge in [0.2, 0.25) is 5.75 Å². The van der Waals surface area contributed by atoms with E-state index in [2.05, 4.69) is 31.0 Å². The molecule has 9 nitrogen and oxygen atoms in total. The van der Waals surface area contributed by atoms with E-state index in [0.717, 1.165) is 16.5 Å². The van der Waals surface area contributed by atoms with Crippen LogP contribution in [0.15, 0.2) is 54.7 Å². The second-order valence-electron chi connectivity index (χ2n) is 8.50. The molecule has 1 aromatic heterocycles. The Labute approximate surface area is 216 Å². The first-order chi connectivity index (χ1) is 17.6. The molecule has 37 heavy (non-hydrogen) atoms. The number of carbonyl (C=O) groups is 3. The molecule has 9 heteroatoms. The maximum atomic E-state index is 11.5. The van der Waals surface area contributed by atoms with Crippen LogP contribution in [0.4, 0.5) is 0 Å². The van der Waals surface area contributed by atoms with Crippen LogP contribution in [0.3, 0.4) is 0 Å². The molecule has 2 N–H and O–H groups in total. The van der Waals surface area contributed by atoms with Gasteiger partial charge in [-0.05, 0) is 24.3 Å². The minimum Gasteiger partial charge on any atom is -0.493 e. The van der Waals surface area contributed by atoms with Gasteiger partial charge in [-0.2, -0.15) is 0 Å². The molecule has 2 aromatic carbocycles. The molecule has 1 amide bonds. The normalized spacial score (nSPS) is 12.1. The van der Waals surface area contributed by atoms with Gasteiger partial charge in [0.15, 0.2) is 11.4 Å². The van der Waals surface area contributed by atoms with Crippen molar-refractivity contribution in [2.75, 3.05) is 7.11 Å². The number of fused-ring (bicyclic) bond motifs is 1. The van der Waals surface area contributed by atoms with E-state index in [-0.39, 0.29) is 41.3 Å². The zero-order chi connectivity index (χ0) is 27.5. The largest absolute Gasteiger partial charge is 0.493 e. The van der Waals surface area contributed by atoms with Gasteiger partial charge in [0.25, 0.3) is 5.91 Å². The van der Waals surface area contributed by atoms with Gasteiger partial charge < -0.3 is 24.7 Å². The van der Waals surface area contributed by atoms with Crippen molar-refractivity contribution in [3.8, 4) is 17.2 Å². The summed E-state index contributed by atoms with van der Waals surface area (Å²) < 4.78 is 21.4. The minimum absolute atomic E-state index is 0.0556. The van der Waals surface area contributed by atoms with E-state index in [1.54, 1.807) is 6.92 Å². The van der Waals surface area contributed by atoms with E-state index in [9.17, 15) is 14.4 Å². The number of rotatable bonds is 9. The highest BCUT2D eigenvalue weighted by atomic mass is 16.6. The molecule has 198 valence electrons. The molecule has 1 unspecified atom stereocenters. The van der Waals surface area contributed by atoms with E-state index in [1.807, 2.05) is 37.3 Å². The highest BCUT2D eigenvalue weighted by molar-refractivity contribution is 5.95. The molecule has 0 bridgehead atoms. The zero-order valence-electron chi connectivity index (χ0n) is 22.0. The Hall–Kier alpha value is -4.14. The number of nitrogens with two attached hydrogens (primary N) is 1. The predicted octanol–water partition coefficient (Wildman–Crippen LogP) is 4.70. The molecular weight excluding hydrogens is 476 g/mol. The van der Waals surface area contributed by atoms with Gasteiger partial charge in [-0.3, -0.25) is 14.4 Å². The SMILES string of the molecule is CCC(=O)OC(C)[C@H](Oc1cccc2ccccc12)C(C)C.COc1ccnc(C(N)=O)c1OC(C)=O. The Morgan fingerprint density at radius 3 is 2.24 bits per heavy atom. The third kappa shape index (κ3) is 8.20. The van der Waals surface area contributed by atoms with Crippen molar-refractivity contribution in [3.63, 3.8) is 0 Å². The fourth-order valence-electron chi connectivity index (χ4n) is 3.59. The lowest BCUT2D eigenvalue weighted by Crippen LogP contribution is -2.37. The van der Waals surface area contributed by atoms with Gasteiger partial charge in [0.05, 0.1) is 7.11 Å². The van der Waals surface area contributed by atoms with Crippen molar-refractivity contribution in [2.24, 2.45) is 11.7 Å². The fraction of sp³-hybridized carbons (Fsp3) is 0.357. The number of hydrogen-bond acceptors (Lipinski definition) is 8. The predicted molar refractivity (Wildman–Crippen MR) is 140 cm³/mol.